The van der Waals surface area contributed by atoms with Gasteiger partial charge in [-0.1, -0.05) is 29.8 Å². The summed E-state index contributed by atoms with van der Waals surface area (Å²) in [6.45, 7) is 9.19. The molecule has 0 heterocycles. The maximum absolute atomic E-state index is 9.42. The fourth-order valence-corrected chi connectivity index (χ4v) is 1.85. The maximum Gasteiger partial charge on any atom is 0.0598 e. The molecule has 0 aliphatic carbocycles. The second kappa shape index (κ2) is 6.91. The van der Waals surface area contributed by atoms with Gasteiger partial charge in [0, 0.05) is 13.2 Å². The van der Waals surface area contributed by atoms with Gasteiger partial charge in [-0.3, -0.25) is 0 Å². The van der Waals surface area contributed by atoms with Crippen molar-refractivity contribution in [3.05, 3.63) is 35.4 Å². The Kier molecular flexibility index (Phi) is 5.83. The molecule has 1 rings (SSSR count). The molecular weight excluding hydrogens is 224 g/mol. The van der Waals surface area contributed by atoms with Gasteiger partial charge in [0.2, 0.25) is 0 Å². The van der Waals surface area contributed by atoms with Crippen LogP contribution in [-0.4, -0.2) is 23.9 Å². The van der Waals surface area contributed by atoms with Crippen LogP contribution in [0.3, 0.4) is 0 Å². The van der Waals surface area contributed by atoms with E-state index >= 15 is 0 Å². The summed E-state index contributed by atoms with van der Waals surface area (Å²) in [7, 11) is 0. The van der Waals surface area contributed by atoms with Crippen LogP contribution in [0.25, 0.3) is 0 Å². The van der Waals surface area contributed by atoms with Gasteiger partial charge in [0.15, 0.2) is 0 Å². The molecule has 1 aromatic rings. The molecule has 0 saturated carbocycles. The first-order chi connectivity index (χ1) is 8.40. The lowest BCUT2D eigenvalue weighted by atomic mass is 9.96. The van der Waals surface area contributed by atoms with Gasteiger partial charge in [-0.05, 0) is 52.0 Å². The summed E-state index contributed by atoms with van der Waals surface area (Å²) in [5.41, 5.74) is 2.47. The van der Waals surface area contributed by atoms with Crippen molar-refractivity contribution < 1.29 is 9.84 Å². The number of hydrogen-bond donors (Lipinski definition) is 1. The summed E-state index contributed by atoms with van der Waals surface area (Å²) < 4.78 is 5.71. The smallest absolute Gasteiger partial charge is 0.0598 e. The molecule has 0 spiro atoms. The van der Waals surface area contributed by atoms with E-state index in [4.69, 9.17) is 4.74 Å². The van der Waals surface area contributed by atoms with Crippen LogP contribution in [0.4, 0.5) is 0 Å². The molecule has 102 valence electrons. The highest BCUT2D eigenvalue weighted by molar-refractivity contribution is 5.21. The molecule has 1 aromatic carbocycles. The van der Waals surface area contributed by atoms with Crippen molar-refractivity contribution in [1.29, 1.82) is 0 Å². The van der Waals surface area contributed by atoms with Crippen LogP contribution in [-0.2, 0) is 11.2 Å². The summed E-state index contributed by atoms with van der Waals surface area (Å²) >= 11 is 0. The minimum absolute atomic E-state index is 0.0934. The van der Waals surface area contributed by atoms with Crippen molar-refractivity contribution in [2.75, 3.05) is 13.2 Å². The third-order valence-electron chi connectivity index (χ3n) is 2.96. The number of rotatable bonds is 6. The Labute approximate surface area is 111 Å². The average Bonchev–Trinajstić information content (AvgIpc) is 2.29. The largest absolute Gasteiger partial charge is 0.396 e. The molecular formula is C16H26O2. The quantitative estimate of drug-likeness (QED) is 0.839. The van der Waals surface area contributed by atoms with Crippen LogP contribution in [0, 0.1) is 12.8 Å². The molecule has 1 atom stereocenters. The van der Waals surface area contributed by atoms with Gasteiger partial charge < -0.3 is 9.84 Å². The lowest BCUT2D eigenvalue weighted by Gasteiger charge is -2.21. The third-order valence-corrected chi connectivity index (χ3v) is 2.96. The molecule has 2 heteroatoms. The number of ether oxygens (including phenoxy) is 1. The van der Waals surface area contributed by atoms with E-state index in [-0.39, 0.29) is 18.1 Å². The van der Waals surface area contributed by atoms with Gasteiger partial charge >= 0.3 is 0 Å². The van der Waals surface area contributed by atoms with Crippen LogP contribution in [0.2, 0.25) is 0 Å². The fourth-order valence-electron chi connectivity index (χ4n) is 1.85. The average molecular weight is 250 g/mol. The standard InChI is InChI=1S/C16H26O2/c1-13-5-7-14(8-6-13)11-15(12-17)9-10-18-16(2,3)4/h5-8,15,17H,9-12H2,1-4H3. The Morgan fingerprint density at radius 3 is 2.28 bits per heavy atom. The first-order valence-corrected chi connectivity index (χ1v) is 6.71. The lowest BCUT2D eigenvalue weighted by molar-refractivity contribution is -0.0121. The van der Waals surface area contributed by atoms with Crippen molar-refractivity contribution in [3.8, 4) is 0 Å². The van der Waals surface area contributed by atoms with Gasteiger partial charge in [-0.2, -0.15) is 0 Å². The van der Waals surface area contributed by atoms with E-state index in [2.05, 4.69) is 52.0 Å². The number of hydrogen-bond acceptors (Lipinski definition) is 2. The fraction of sp³-hybridized carbons (Fsp3) is 0.625. The summed E-state index contributed by atoms with van der Waals surface area (Å²) in [6, 6.07) is 8.52. The Balaban J connectivity index is 2.40. The van der Waals surface area contributed by atoms with Gasteiger partial charge in [0.25, 0.3) is 0 Å². The summed E-state index contributed by atoms with van der Waals surface area (Å²) in [4.78, 5) is 0. The van der Waals surface area contributed by atoms with E-state index in [1.54, 1.807) is 0 Å². The molecule has 0 fully saturated rings. The Morgan fingerprint density at radius 2 is 1.78 bits per heavy atom. The summed E-state index contributed by atoms with van der Waals surface area (Å²) in [5.74, 6) is 0.287. The summed E-state index contributed by atoms with van der Waals surface area (Å²) in [6.07, 6.45) is 1.83. The monoisotopic (exact) mass is 250 g/mol. The molecule has 18 heavy (non-hydrogen) atoms. The second-order valence-corrected chi connectivity index (χ2v) is 5.99. The van der Waals surface area contributed by atoms with Crippen LogP contribution in [0.15, 0.2) is 24.3 Å². The van der Waals surface area contributed by atoms with E-state index in [1.807, 2.05) is 0 Å². The molecule has 0 amide bonds. The normalized spacial score (nSPS) is 13.6. The van der Waals surface area contributed by atoms with Crippen LogP contribution >= 0.6 is 0 Å². The first-order valence-electron chi connectivity index (χ1n) is 6.71. The zero-order chi connectivity index (χ0) is 13.6. The molecule has 0 aliphatic rings. The van der Waals surface area contributed by atoms with Gasteiger partial charge in [0.1, 0.15) is 0 Å². The van der Waals surface area contributed by atoms with Crippen molar-refractivity contribution in [3.63, 3.8) is 0 Å². The zero-order valence-electron chi connectivity index (χ0n) is 12.1. The van der Waals surface area contributed by atoms with Gasteiger partial charge in [-0.25, -0.2) is 0 Å². The Hall–Kier alpha value is -0.860. The number of benzene rings is 1. The first kappa shape index (κ1) is 15.2. The molecule has 0 saturated heterocycles. The minimum atomic E-state index is -0.0934. The highest BCUT2D eigenvalue weighted by atomic mass is 16.5. The molecule has 0 aliphatic heterocycles. The third kappa shape index (κ3) is 6.18. The van der Waals surface area contributed by atoms with E-state index in [1.165, 1.54) is 11.1 Å². The van der Waals surface area contributed by atoms with E-state index in [0.717, 1.165) is 12.8 Å². The predicted molar refractivity (Wildman–Crippen MR) is 75.8 cm³/mol. The highest BCUT2D eigenvalue weighted by Crippen LogP contribution is 2.15. The summed E-state index contributed by atoms with van der Waals surface area (Å²) in [5, 5.41) is 9.42. The van der Waals surface area contributed by atoms with Crippen molar-refractivity contribution in [2.24, 2.45) is 5.92 Å². The minimum Gasteiger partial charge on any atom is -0.396 e. The van der Waals surface area contributed by atoms with E-state index in [0.29, 0.717) is 6.61 Å². The molecule has 0 radical (unpaired) electrons. The lowest BCUT2D eigenvalue weighted by Crippen LogP contribution is -2.22. The Morgan fingerprint density at radius 1 is 1.17 bits per heavy atom. The van der Waals surface area contributed by atoms with E-state index < -0.39 is 0 Å². The second-order valence-electron chi connectivity index (χ2n) is 5.99. The van der Waals surface area contributed by atoms with Crippen molar-refractivity contribution in [1.82, 2.24) is 0 Å². The van der Waals surface area contributed by atoms with Gasteiger partial charge in [0.05, 0.1) is 5.60 Å². The molecule has 0 aromatic heterocycles. The molecule has 1 N–H and O–H groups in total. The van der Waals surface area contributed by atoms with Crippen LogP contribution in [0.5, 0.6) is 0 Å². The number of aliphatic hydroxyl groups is 1. The van der Waals surface area contributed by atoms with E-state index in [9.17, 15) is 5.11 Å². The SMILES string of the molecule is Cc1ccc(CC(CO)CCOC(C)(C)C)cc1. The highest BCUT2D eigenvalue weighted by Gasteiger charge is 2.13. The molecule has 0 bridgehead atoms. The number of aliphatic hydroxyl groups excluding tert-OH is 1. The zero-order valence-corrected chi connectivity index (χ0v) is 12.1. The van der Waals surface area contributed by atoms with Gasteiger partial charge in [-0.15, -0.1) is 0 Å². The predicted octanol–water partition coefficient (Wildman–Crippen LogP) is 3.35. The van der Waals surface area contributed by atoms with Crippen LogP contribution in [0.1, 0.15) is 38.3 Å². The van der Waals surface area contributed by atoms with Crippen LogP contribution < -0.4 is 0 Å². The topological polar surface area (TPSA) is 29.5 Å². The molecule has 2 nitrogen and oxygen atoms in total. The molecule has 1 unspecified atom stereocenters. The van der Waals surface area contributed by atoms with Crippen molar-refractivity contribution in [2.45, 2.75) is 46.1 Å². The number of aryl methyl sites for hydroxylation is 1. The van der Waals surface area contributed by atoms with Crippen molar-refractivity contribution >= 4 is 0 Å². The maximum atomic E-state index is 9.42. The Bertz CT molecular complexity index is 335.